The van der Waals surface area contributed by atoms with Gasteiger partial charge in [-0.3, -0.25) is 0 Å². The summed E-state index contributed by atoms with van der Waals surface area (Å²) in [6, 6.07) is 6.66. The predicted molar refractivity (Wildman–Crippen MR) is 65.8 cm³/mol. The molecule has 1 rings (SSSR count). The maximum atomic E-state index is 2.34. The fourth-order valence-corrected chi connectivity index (χ4v) is 3.63. The summed E-state index contributed by atoms with van der Waals surface area (Å²) in [6.45, 7) is 7.00. The van der Waals surface area contributed by atoms with Gasteiger partial charge in [0.1, 0.15) is 0 Å². The summed E-state index contributed by atoms with van der Waals surface area (Å²) in [4.78, 5) is 0. The van der Waals surface area contributed by atoms with Crippen molar-refractivity contribution in [1.82, 2.24) is 0 Å². The summed E-state index contributed by atoms with van der Waals surface area (Å²) >= 11 is 0. The first-order valence-corrected chi connectivity index (χ1v) is 6.37. The Labute approximate surface area is 102 Å². The standard InChI is InChI=1S/C11H19BP.Li/c1-4-12(5-2,6-3)11-9-7-8-10-13-11;/h7-10H,4-6H2,1-3H3;/q-1;+1. The molecule has 0 radical (unpaired) electrons. The molecule has 0 aliphatic carbocycles. The van der Waals surface area contributed by atoms with Gasteiger partial charge in [-0.05, 0) is 5.80 Å². The topological polar surface area (TPSA) is 0 Å². The van der Waals surface area contributed by atoms with E-state index in [4.69, 9.17) is 0 Å². The minimum atomic E-state index is -0.219. The van der Waals surface area contributed by atoms with E-state index in [0.717, 1.165) is 0 Å². The number of rotatable bonds is 4. The average molecular weight is 200 g/mol. The normalized spacial score (nSPS) is 11.4. The molecule has 0 saturated carbocycles. The van der Waals surface area contributed by atoms with E-state index in [0.29, 0.717) is 0 Å². The molecule has 0 aromatic carbocycles. The van der Waals surface area contributed by atoms with E-state index in [9.17, 15) is 0 Å². The summed E-state index contributed by atoms with van der Waals surface area (Å²) in [6.07, 6.45) is 3.76. The summed E-state index contributed by atoms with van der Waals surface area (Å²) in [7, 11) is 1.43. The van der Waals surface area contributed by atoms with Crippen molar-refractivity contribution in [2.24, 2.45) is 0 Å². The van der Waals surface area contributed by atoms with Crippen LogP contribution in [0.1, 0.15) is 20.8 Å². The second-order valence-corrected chi connectivity index (χ2v) is 5.03. The van der Waals surface area contributed by atoms with Crippen molar-refractivity contribution in [1.29, 1.82) is 0 Å². The molecule has 0 aliphatic rings. The second kappa shape index (κ2) is 6.73. The van der Waals surface area contributed by atoms with Gasteiger partial charge in [-0.2, -0.15) is 24.2 Å². The van der Waals surface area contributed by atoms with Crippen LogP contribution in [0.5, 0.6) is 0 Å². The van der Waals surface area contributed by atoms with Crippen LogP contribution < -0.4 is 24.1 Å². The van der Waals surface area contributed by atoms with E-state index in [-0.39, 0.29) is 25.0 Å². The van der Waals surface area contributed by atoms with E-state index in [1.807, 2.05) is 0 Å². The van der Waals surface area contributed by atoms with Crippen LogP contribution >= 0.6 is 8.19 Å². The summed E-state index contributed by atoms with van der Waals surface area (Å²) < 4.78 is 0. The molecule has 0 N–H and O–H groups in total. The van der Waals surface area contributed by atoms with Crippen LogP contribution in [0.4, 0.5) is 0 Å². The van der Waals surface area contributed by atoms with Crippen LogP contribution in [-0.2, 0) is 0 Å². The van der Waals surface area contributed by atoms with Crippen molar-refractivity contribution < 1.29 is 18.9 Å². The molecular formula is C11H19BLiP. The molecule has 0 fully saturated rings. The van der Waals surface area contributed by atoms with Crippen molar-refractivity contribution in [2.75, 3.05) is 0 Å². The Morgan fingerprint density at radius 2 is 1.64 bits per heavy atom. The second-order valence-electron chi connectivity index (χ2n) is 3.96. The Hall–Kier alpha value is 0.312. The van der Waals surface area contributed by atoms with Crippen LogP contribution in [0.15, 0.2) is 24.0 Å². The van der Waals surface area contributed by atoms with Gasteiger partial charge in [0.25, 0.3) is 0 Å². The van der Waals surface area contributed by atoms with Gasteiger partial charge in [0, 0.05) is 6.15 Å². The molecule has 72 valence electrons. The molecule has 1 heterocycles. The molecule has 0 aliphatic heterocycles. The molecule has 0 amide bonds. The average Bonchev–Trinajstić information content (AvgIpc) is 2.23. The van der Waals surface area contributed by atoms with E-state index >= 15 is 0 Å². The third-order valence-corrected chi connectivity index (χ3v) is 4.98. The van der Waals surface area contributed by atoms with Crippen LogP contribution in [0.25, 0.3) is 0 Å². The molecule has 14 heavy (non-hydrogen) atoms. The maximum absolute atomic E-state index is 2.34. The molecule has 0 unspecified atom stereocenters. The fourth-order valence-electron chi connectivity index (χ4n) is 2.23. The number of hydrogen-bond acceptors (Lipinski definition) is 0. The Balaban J connectivity index is 0.00000169. The van der Waals surface area contributed by atoms with E-state index < -0.39 is 0 Å². The SMILES string of the molecule is CC[B-](CC)(CC)c1ccccp1.[Li+]. The fraction of sp³-hybridized carbons (Fsp3) is 0.545. The van der Waals surface area contributed by atoms with Crippen molar-refractivity contribution >= 4 is 19.5 Å². The molecule has 1 aromatic rings. The number of hydrogen-bond donors (Lipinski definition) is 0. The van der Waals surface area contributed by atoms with Crippen LogP contribution in [-0.4, -0.2) is 6.15 Å². The minimum absolute atomic E-state index is 0. The Kier molecular flexibility index (Phi) is 6.88. The van der Waals surface area contributed by atoms with Gasteiger partial charge in [-0.15, -0.1) is 8.19 Å². The monoisotopic (exact) mass is 200 g/mol. The van der Waals surface area contributed by atoms with Crippen molar-refractivity contribution in [2.45, 2.75) is 39.7 Å². The minimum Gasteiger partial charge on any atom is -0.183 e. The van der Waals surface area contributed by atoms with Crippen LogP contribution in [0.2, 0.25) is 19.0 Å². The molecular weight excluding hydrogens is 181 g/mol. The third-order valence-electron chi connectivity index (χ3n) is 3.66. The molecule has 0 atom stereocenters. The summed E-state index contributed by atoms with van der Waals surface area (Å²) in [5.74, 6) is 2.26. The van der Waals surface area contributed by atoms with Gasteiger partial charge in [0.05, 0.1) is 0 Å². The van der Waals surface area contributed by atoms with Crippen LogP contribution in [0, 0.1) is 0 Å². The Bertz CT molecular complexity index is 238. The predicted octanol–water partition coefficient (Wildman–Crippen LogP) is 0.986. The van der Waals surface area contributed by atoms with Gasteiger partial charge in [0.2, 0.25) is 0 Å². The van der Waals surface area contributed by atoms with Crippen molar-refractivity contribution in [3.05, 3.63) is 24.0 Å². The zero-order chi connectivity index (χ0) is 9.73. The first-order chi connectivity index (χ1) is 6.29. The third kappa shape index (κ3) is 2.90. The van der Waals surface area contributed by atoms with E-state index in [1.54, 1.807) is 5.19 Å². The first kappa shape index (κ1) is 14.3. The Morgan fingerprint density at radius 3 is 2.00 bits per heavy atom. The van der Waals surface area contributed by atoms with Crippen molar-refractivity contribution in [3.8, 4) is 0 Å². The van der Waals surface area contributed by atoms with Crippen LogP contribution in [0.3, 0.4) is 0 Å². The Morgan fingerprint density at radius 1 is 1.07 bits per heavy atom. The molecule has 3 heteroatoms. The molecule has 0 bridgehead atoms. The summed E-state index contributed by atoms with van der Waals surface area (Å²) in [5.41, 5.74) is 0. The maximum Gasteiger partial charge on any atom is 1.00 e. The summed E-state index contributed by atoms with van der Waals surface area (Å²) in [5, 5.41) is 1.66. The quantitative estimate of drug-likeness (QED) is 0.635. The molecule has 0 spiro atoms. The zero-order valence-electron chi connectivity index (χ0n) is 9.96. The largest absolute Gasteiger partial charge is 1.00 e. The molecule has 0 nitrogen and oxygen atoms in total. The zero-order valence-corrected chi connectivity index (χ0v) is 10.8. The van der Waals surface area contributed by atoms with E-state index in [2.05, 4.69) is 44.8 Å². The van der Waals surface area contributed by atoms with Gasteiger partial charge in [0.15, 0.2) is 0 Å². The molecule has 0 saturated heterocycles. The van der Waals surface area contributed by atoms with Gasteiger partial charge >= 0.3 is 18.9 Å². The van der Waals surface area contributed by atoms with Gasteiger partial charge < -0.3 is 0 Å². The van der Waals surface area contributed by atoms with E-state index in [1.165, 1.54) is 27.2 Å². The van der Waals surface area contributed by atoms with Gasteiger partial charge in [-0.1, -0.05) is 39.0 Å². The van der Waals surface area contributed by atoms with Gasteiger partial charge in [-0.25, -0.2) is 0 Å². The molecule has 1 aromatic heterocycles. The van der Waals surface area contributed by atoms with Crippen molar-refractivity contribution in [3.63, 3.8) is 0 Å². The smallest absolute Gasteiger partial charge is 0.183 e. The first-order valence-electron chi connectivity index (χ1n) is 5.41.